The Hall–Kier alpha value is -2.16. The molecule has 7 nitrogen and oxygen atoms in total. The minimum absolute atomic E-state index is 0.212. The molecule has 1 heterocycles. The number of para-hydroxylation sites is 1. The van der Waals surface area contributed by atoms with Crippen LogP contribution in [0.1, 0.15) is 10.4 Å². The van der Waals surface area contributed by atoms with E-state index in [0.29, 0.717) is 10.8 Å². The molecule has 0 spiro atoms. The van der Waals surface area contributed by atoms with Crippen molar-refractivity contribution in [2.45, 2.75) is 30.7 Å². The molecule has 1 fully saturated rings. The lowest BCUT2D eigenvalue weighted by Crippen LogP contribution is -2.61. The maximum atomic E-state index is 12.4. The molecule has 2 aromatic rings. The molecule has 0 aliphatic carbocycles. The van der Waals surface area contributed by atoms with Crippen LogP contribution in [0.5, 0.6) is 5.75 Å². The number of halogens is 1. The third-order valence-electron chi connectivity index (χ3n) is 4.14. The van der Waals surface area contributed by atoms with Gasteiger partial charge in [0.25, 0.3) is 0 Å². The number of carbonyl (C=O) groups excluding carboxylic acids is 1. The molecule has 0 amide bonds. The minimum Gasteiger partial charge on any atom is -0.461 e. The first kappa shape index (κ1) is 19.6. The molecule has 1 aliphatic rings. The van der Waals surface area contributed by atoms with Gasteiger partial charge in [-0.05, 0) is 36.4 Å². The largest absolute Gasteiger partial charge is 0.461 e. The van der Waals surface area contributed by atoms with Crippen molar-refractivity contribution in [3.8, 4) is 5.75 Å². The molecular weight excluding hydrogens is 376 g/mol. The monoisotopic (exact) mass is 394 g/mol. The van der Waals surface area contributed by atoms with E-state index >= 15 is 0 Å². The summed E-state index contributed by atoms with van der Waals surface area (Å²) in [5, 5.41) is 30.3. The van der Waals surface area contributed by atoms with Crippen LogP contribution in [0.2, 0.25) is 5.02 Å². The van der Waals surface area contributed by atoms with Gasteiger partial charge in [-0.3, -0.25) is 0 Å². The van der Waals surface area contributed by atoms with Crippen LogP contribution in [-0.4, -0.2) is 58.6 Å². The van der Waals surface area contributed by atoms with Gasteiger partial charge in [-0.25, -0.2) is 4.79 Å². The summed E-state index contributed by atoms with van der Waals surface area (Å²) in [6, 6.07) is 14.6. The summed E-state index contributed by atoms with van der Waals surface area (Å²) < 4.78 is 16.5. The normalized spacial score (nSPS) is 27.8. The molecular formula is C19H19ClO7. The summed E-state index contributed by atoms with van der Waals surface area (Å²) in [6.45, 7) is -0.537. The highest BCUT2D eigenvalue weighted by Gasteiger charge is 2.48. The third-order valence-corrected chi connectivity index (χ3v) is 4.39. The number of ether oxygens (including phenoxy) is 3. The fraction of sp³-hybridized carbons (Fsp3) is 0.316. The van der Waals surface area contributed by atoms with Gasteiger partial charge in [0.05, 0.1) is 12.2 Å². The molecule has 3 N–H and O–H groups in total. The summed E-state index contributed by atoms with van der Waals surface area (Å²) in [7, 11) is 0. The summed E-state index contributed by atoms with van der Waals surface area (Å²) in [4.78, 5) is 12.4. The lowest BCUT2D eigenvalue weighted by Gasteiger charge is -2.41. The van der Waals surface area contributed by atoms with Crippen LogP contribution < -0.4 is 4.74 Å². The van der Waals surface area contributed by atoms with E-state index in [0.717, 1.165) is 0 Å². The van der Waals surface area contributed by atoms with Crippen LogP contribution in [0.15, 0.2) is 54.6 Å². The number of rotatable bonds is 5. The topological polar surface area (TPSA) is 105 Å². The number of carbonyl (C=O) groups is 1. The smallest absolute Gasteiger partial charge is 0.338 e. The molecule has 0 radical (unpaired) electrons. The van der Waals surface area contributed by atoms with Gasteiger partial charge >= 0.3 is 5.97 Å². The molecule has 3 rings (SSSR count). The van der Waals surface area contributed by atoms with Crippen molar-refractivity contribution in [1.29, 1.82) is 0 Å². The fourth-order valence-electron chi connectivity index (χ4n) is 2.69. The van der Waals surface area contributed by atoms with E-state index in [1.165, 1.54) is 24.3 Å². The zero-order chi connectivity index (χ0) is 19.4. The molecule has 5 atom stereocenters. The summed E-state index contributed by atoms with van der Waals surface area (Å²) >= 11 is 5.81. The molecule has 0 unspecified atom stereocenters. The van der Waals surface area contributed by atoms with Crippen molar-refractivity contribution >= 4 is 17.6 Å². The van der Waals surface area contributed by atoms with E-state index in [9.17, 15) is 20.1 Å². The quantitative estimate of drug-likeness (QED) is 0.658. The Balaban J connectivity index is 1.81. The highest BCUT2D eigenvalue weighted by Crippen LogP contribution is 2.27. The summed E-state index contributed by atoms with van der Waals surface area (Å²) in [6.07, 6.45) is -6.58. The Labute approximate surface area is 160 Å². The number of esters is 1. The molecule has 0 bridgehead atoms. The van der Waals surface area contributed by atoms with Crippen LogP contribution in [0.25, 0.3) is 0 Å². The standard InChI is InChI=1S/C19H19ClO7/c20-12-8-6-11(7-9-12)18(24)27-17-16(23)15(22)14(10-21)26-19(17)25-13-4-2-1-3-5-13/h1-9,14-17,19,21-23H,10H2/t14-,15+,16+,17-,19-/m1/s1. The molecule has 1 saturated heterocycles. The first-order valence-corrected chi connectivity index (χ1v) is 8.68. The van der Waals surface area contributed by atoms with Crippen molar-refractivity contribution in [3.05, 3.63) is 65.2 Å². The van der Waals surface area contributed by atoms with E-state index in [4.69, 9.17) is 25.8 Å². The summed E-state index contributed by atoms with van der Waals surface area (Å²) in [5.41, 5.74) is 0.212. The van der Waals surface area contributed by atoms with Crippen LogP contribution >= 0.6 is 11.6 Å². The second-order valence-electron chi connectivity index (χ2n) is 6.01. The average Bonchev–Trinajstić information content (AvgIpc) is 2.68. The first-order chi connectivity index (χ1) is 13.0. The lowest BCUT2D eigenvalue weighted by molar-refractivity contribution is -0.276. The Morgan fingerprint density at radius 2 is 1.70 bits per heavy atom. The van der Waals surface area contributed by atoms with Crippen LogP contribution in [-0.2, 0) is 9.47 Å². The van der Waals surface area contributed by atoms with Crippen molar-refractivity contribution in [1.82, 2.24) is 0 Å². The maximum Gasteiger partial charge on any atom is 0.338 e. The van der Waals surface area contributed by atoms with E-state index in [1.54, 1.807) is 30.3 Å². The zero-order valence-corrected chi connectivity index (χ0v) is 14.9. The lowest BCUT2D eigenvalue weighted by atomic mass is 9.99. The molecule has 27 heavy (non-hydrogen) atoms. The number of hydrogen-bond donors (Lipinski definition) is 3. The predicted molar refractivity (Wildman–Crippen MR) is 95.5 cm³/mol. The number of aliphatic hydroxyl groups excluding tert-OH is 3. The van der Waals surface area contributed by atoms with Crippen LogP contribution in [0.4, 0.5) is 0 Å². The van der Waals surface area contributed by atoms with E-state index in [2.05, 4.69) is 0 Å². The van der Waals surface area contributed by atoms with E-state index in [1.807, 2.05) is 0 Å². The number of benzene rings is 2. The predicted octanol–water partition coefficient (Wildman–Crippen LogP) is 1.38. The Bertz CT molecular complexity index is 752. The van der Waals surface area contributed by atoms with Crippen molar-refractivity contribution in [2.75, 3.05) is 6.61 Å². The SMILES string of the molecule is O=C(O[C@H]1[C@H](Oc2ccccc2)O[C@H](CO)[C@H](O)[C@@H]1O)c1ccc(Cl)cc1. The van der Waals surface area contributed by atoms with Gasteiger partial charge in [0, 0.05) is 5.02 Å². The highest BCUT2D eigenvalue weighted by atomic mass is 35.5. The Kier molecular flexibility index (Phi) is 6.30. The van der Waals surface area contributed by atoms with Gasteiger partial charge in [0.15, 0.2) is 6.10 Å². The Morgan fingerprint density at radius 3 is 2.33 bits per heavy atom. The van der Waals surface area contributed by atoms with Gasteiger partial charge in [0.2, 0.25) is 6.29 Å². The van der Waals surface area contributed by atoms with Gasteiger partial charge in [-0.2, -0.15) is 0 Å². The van der Waals surface area contributed by atoms with Gasteiger partial charge in [-0.1, -0.05) is 29.8 Å². The van der Waals surface area contributed by atoms with Crippen molar-refractivity contribution in [2.24, 2.45) is 0 Å². The first-order valence-electron chi connectivity index (χ1n) is 8.30. The van der Waals surface area contributed by atoms with E-state index in [-0.39, 0.29) is 5.56 Å². The van der Waals surface area contributed by atoms with Gasteiger partial charge in [-0.15, -0.1) is 0 Å². The van der Waals surface area contributed by atoms with Gasteiger partial charge < -0.3 is 29.5 Å². The van der Waals surface area contributed by atoms with Crippen LogP contribution in [0, 0.1) is 0 Å². The molecule has 0 saturated carbocycles. The zero-order valence-electron chi connectivity index (χ0n) is 14.1. The molecule has 144 valence electrons. The summed E-state index contributed by atoms with van der Waals surface area (Å²) in [5.74, 6) is -0.328. The second kappa shape index (κ2) is 8.69. The molecule has 1 aliphatic heterocycles. The van der Waals surface area contributed by atoms with Crippen LogP contribution in [0.3, 0.4) is 0 Å². The highest BCUT2D eigenvalue weighted by molar-refractivity contribution is 6.30. The van der Waals surface area contributed by atoms with Crippen molar-refractivity contribution in [3.63, 3.8) is 0 Å². The maximum absolute atomic E-state index is 12.4. The molecule has 8 heteroatoms. The average molecular weight is 395 g/mol. The second-order valence-corrected chi connectivity index (χ2v) is 6.45. The number of hydrogen-bond acceptors (Lipinski definition) is 7. The number of aliphatic hydroxyl groups is 3. The Morgan fingerprint density at radius 1 is 1.04 bits per heavy atom. The van der Waals surface area contributed by atoms with E-state index < -0.39 is 43.3 Å². The fourth-order valence-corrected chi connectivity index (χ4v) is 2.81. The van der Waals surface area contributed by atoms with Gasteiger partial charge in [0.1, 0.15) is 24.1 Å². The molecule has 2 aromatic carbocycles. The van der Waals surface area contributed by atoms with Crippen molar-refractivity contribution < 1.29 is 34.3 Å². The third kappa shape index (κ3) is 4.58. The molecule has 0 aromatic heterocycles. The minimum atomic E-state index is -1.51.